The molecule has 0 fully saturated rings. The van der Waals surface area contributed by atoms with Gasteiger partial charge in [-0.3, -0.25) is 4.79 Å². The van der Waals surface area contributed by atoms with Gasteiger partial charge in [-0.15, -0.1) is 0 Å². The molecule has 0 bridgehead atoms. The number of methoxy groups -OCH3 is 1. The van der Waals surface area contributed by atoms with Gasteiger partial charge in [0.25, 0.3) is 5.56 Å². The van der Waals surface area contributed by atoms with Gasteiger partial charge in [0.15, 0.2) is 9.37 Å². The maximum atomic E-state index is 11.5. The van der Waals surface area contributed by atoms with Crippen molar-refractivity contribution in [3.63, 3.8) is 0 Å². The van der Waals surface area contributed by atoms with Gasteiger partial charge >= 0.3 is 5.97 Å². The summed E-state index contributed by atoms with van der Waals surface area (Å²) in [4.78, 5) is 33.1. The van der Waals surface area contributed by atoms with Crippen LogP contribution in [0.2, 0.25) is 0 Å². The van der Waals surface area contributed by atoms with Gasteiger partial charge in [-0.05, 0) is 18.7 Å². The number of hydrogen-bond acceptors (Lipinski definition) is 7. The van der Waals surface area contributed by atoms with Gasteiger partial charge in [-0.2, -0.15) is 0 Å². The Bertz CT molecular complexity index is 680. The number of aryl methyl sites for hydroxylation is 1. The van der Waals surface area contributed by atoms with Crippen molar-refractivity contribution in [1.29, 1.82) is 0 Å². The Kier molecular flexibility index (Phi) is 3.86. The average molecular weight is 299 g/mol. The second kappa shape index (κ2) is 5.41. The molecule has 0 radical (unpaired) electrons. The summed E-state index contributed by atoms with van der Waals surface area (Å²) in [5, 5.41) is 9.30. The van der Waals surface area contributed by atoms with Crippen molar-refractivity contribution >= 4 is 29.1 Å². The average Bonchev–Trinajstić information content (AvgIpc) is 2.71. The number of nitrogens with zero attached hydrogens (tertiary/aromatic N) is 2. The summed E-state index contributed by atoms with van der Waals surface area (Å²) in [6.07, 6.45) is 1.26. The van der Waals surface area contributed by atoms with E-state index in [4.69, 9.17) is 9.84 Å². The molecule has 19 heavy (non-hydrogen) atoms. The molecule has 0 saturated carbocycles. The molecule has 7 nitrogen and oxygen atoms in total. The molecule has 0 saturated heterocycles. The molecule has 2 rings (SSSR count). The first-order chi connectivity index (χ1) is 9.02. The van der Waals surface area contributed by atoms with E-state index in [0.717, 1.165) is 23.1 Å². The maximum Gasteiger partial charge on any atom is 0.347 e. The monoisotopic (exact) mass is 299 g/mol. The predicted molar refractivity (Wildman–Crippen MR) is 69.3 cm³/mol. The number of thiazole rings is 1. The van der Waals surface area contributed by atoms with Crippen LogP contribution >= 0.6 is 23.1 Å². The highest BCUT2D eigenvalue weighted by molar-refractivity contribution is 8.01. The highest BCUT2D eigenvalue weighted by Gasteiger charge is 2.17. The fourth-order valence-electron chi connectivity index (χ4n) is 1.32. The smallest absolute Gasteiger partial charge is 0.347 e. The molecule has 0 aromatic carbocycles. The van der Waals surface area contributed by atoms with Crippen LogP contribution in [0.3, 0.4) is 0 Å². The van der Waals surface area contributed by atoms with Gasteiger partial charge in [0, 0.05) is 0 Å². The number of H-pyrrole nitrogens is 1. The summed E-state index contributed by atoms with van der Waals surface area (Å²) in [6, 6.07) is 0. The molecule has 9 heteroatoms. The Hall–Kier alpha value is -1.87. The van der Waals surface area contributed by atoms with Gasteiger partial charge in [-0.25, -0.2) is 14.8 Å². The van der Waals surface area contributed by atoms with Crippen LogP contribution in [-0.2, 0) is 0 Å². The first kappa shape index (κ1) is 13.6. The molecule has 0 amide bonds. The van der Waals surface area contributed by atoms with E-state index in [9.17, 15) is 9.59 Å². The zero-order valence-electron chi connectivity index (χ0n) is 9.96. The zero-order chi connectivity index (χ0) is 14.0. The Morgan fingerprint density at radius 2 is 2.32 bits per heavy atom. The van der Waals surface area contributed by atoms with Crippen molar-refractivity contribution < 1.29 is 14.6 Å². The first-order valence-electron chi connectivity index (χ1n) is 5.03. The van der Waals surface area contributed by atoms with E-state index >= 15 is 0 Å². The fraction of sp³-hybridized carbons (Fsp3) is 0.200. The molecule has 100 valence electrons. The minimum absolute atomic E-state index is 0.0808. The Morgan fingerprint density at radius 3 is 2.89 bits per heavy atom. The van der Waals surface area contributed by atoms with E-state index in [-0.39, 0.29) is 10.6 Å². The number of hydrogen-bond donors (Lipinski definition) is 2. The largest absolute Gasteiger partial charge is 0.489 e. The molecular weight excluding hydrogens is 290 g/mol. The number of ether oxygens (including phenoxy) is 1. The van der Waals surface area contributed by atoms with E-state index in [1.165, 1.54) is 13.4 Å². The summed E-state index contributed by atoms with van der Waals surface area (Å²) in [5.74, 6) is -0.940. The normalized spacial score (nSPS) is 10.4. The van der Waals surface area contributed by atoms with Gasteiger partial charge in [-0.1, -0.05) is 11.3 Å². The van der Waals surface area contributed by atoms with Crippen LogP contribution in [0.5, 0.6) is 5.75 Å². The van der Waals surface area contributed by atoms with E-state index in [0.29, 0.717) is 15.1 Å². The molecule has 0 atom stereocenters. The Labute approximate surface area is 115 Å². The van der Waals surface area contributed by atoms with Crippen LogP contribution in [0.15, 0.2) is 20.5 Å². The summed E-state index contributed by atoms with van der Waals surface area (Å²) in [7, 11) is 1.37. The summed E-state index contributed by atoms with van der Waals surface area (Å²) >= 11 is 2.13. The maximum absolute atomic E-state index is 11.5. The number of carboxylic acid groups (broad SMARTS) is 1. The van der Waals surface area contributed by atoms with Crippen LogP contribution in [0, 0.1) is 6.92 Å². The van der Waals surface area contributed by atoms with E-state index in [1.54, 1.807) is 6.92 Å². The summed E-state index contributed by atoms with van der Waals surface area (Å²) in [6.45, 7) is 1.62. The summed E-state index contributed by atoms with van der Waals surface area (Å²) in [5.41, 5.74) is 0.0375. The number of nitrogens with one attached hydrogen (secondary N) is 1. The van der Waals surface area contributed by atoms with Crippen LogP contribution in [0.4, 0.5) is 0 Å². The Balaban J connectivity index is 2.37. The number of aromatic amines is 1. The van der Waals surface area contributed by atoms with Crippen molar-refractivity contribution in [3.8, 4) is 5.75 Å². The molecule has 2 heterocycles. The minimum atomic E-state index is -1.02. The van der Waals surface area contributed by atoms with E-state index < -0.39 is 11.5 Å². The molecule has 2 aromatic rings. The van der Waals surface area contributed by atoms with Crippen molar-refractivity contribution in [2.75, 3.05) is 7.11 Å². The first-order valence-corrected chi connectivity index (χ1v) is 6.66. The van der Waals surface area contributed by atoms with Crippen LogP contribution in [-0.4, -0.2) is 33.1 Å². The molecule has 0 aliphatic carbocycles. The minimum Gasteiger partial charge on any atom is -0.489 e. The summed E-state index contributed by atoms with van der Waals surface area (Å²) < 4.78 is 5.46. The molecule has 2 N–H and O–H groups in total. The highest BCUT2D eigenvalue weighted by Crippen LogP contribution is 2.34. The van der Waals surface area contributed by atoms with Crippen molar-refractivity contribution in [2.24, 2.45) is 0 Å². The molecular formula is C10H9N3O4S2. The molecule has 2 aromatic heterocycles. The fourth-order valence-corrected chi connectivity index (χ4v) is 3.33. The highest BCUT2D eigenvalue weighted by atomic mass is 32.2. The second-order valence-electron chi connectivity index (χ2n) is 3.37. The molecule has 0 aliphatic heterocycles. The topological polar surface area (TPSA) is 105 Å². The third-order valence-corrected chi connectivity index (χ3v) is 4.33. The quantitative estimate of drug-likeness (QED) is 0.822. The second-order valence-corrected chi connectivity index (χ2v) is 5.61. The lowest BCUT2D eigenvalue weighted by Gasteiger charge is -2.02. The number of aromatic carboxylic acids is 1. The zero-order valence-corrected chi connectivity index (χ0v) is 11.6. The van der Waals surface area contributed by atoms with Crippen molar-refractivity contribution in [2.45, 2.75) is 16.3 Å². The predicted octanol–water partition coefficient (Wildman–Crippen LogP) is 1.39. The van der Waals surface area contributed by atoms with Gasteiger partial charge < -0.3 is 14.8 Å². The van der Waals surface area contributed by atoms with Crippen LogP contribution in [0.1, 0.15) is 15.4 Å². The van der Waals surface area contributed by atoms with Gasteiger partial charge in [0.2, 0.25) is 5.75 Å². The number of carboxylic acids is 1. The number of rotatable bonds is 4. The lowest BCUT2D eigenvalue weighted by molar-refractivity contribution is 0.0701. The van der Waals surface area contributed by atoms with Crippen LogP contribution < -0.4 is 10.3 Å². The molecule has 0 unspecified atom stereocenters. The third-order valence-electron chi connectivity index (χ3n) is 2.14. The van der Waals surface area contributed by atoms with Crippen molar-refractivity contribution in [1.82, 2.24) is 15.0 Å². The van der Waals surface area contributed by atoms with E-state index in [1.807, 2.05) is 0 Å². The number of carbonyl (C=O) groups is 1. The standard InChI is InChI=1S/C10H9N3O4S2/c1-4-6(9(15)16)18-10(13-4)19-8-5(17-2)7(14)11-3-12-8/h3H,1-2H3,(H,15,16)(H,11,12,14). The SMILES string of the molecule is COc1c(Sc2nc(C)c(C(=O)O)s2)nc[nH]c1=O. The molecule has 0 spiro atoms. The van der Waals surface area contributed by atoms with Gasteiger partial charge in [0.1, 0.15) is 4.88 Å². The third kappa shape index (κ3) is 2.76. The lowest BCUT2D eigenvalue weighted by atomic mass is 10.4. The number of aromatic nitrogens is 3. The van der Waals surface area contributed by atoms with Gasteiger partial charge in [0.05, 0.1) is 19.1 Å². The van der Waals surface area contributed by atoms with Crippen molar-refractivity contribution in [3.05, 3.63) is 27.3 Å². The van der Waals surface area contributed by atoms with Crippen LogP contribution in [0.25, 0.3) is 0 Å². The Morgan fingerprint density at radius 1 is 1.58 bits per heavy atom. The lowest BCUT2D eigenvalue weighted by Crippen LogP contribution is -2.10. The van der Waals surface area contributed by atoms with E-state index in [2.05, 4.69) is 15.0 Å². The molecule has 0 aliphatic rings.